The van der Waals surface area contributed by atoms with Gasteiger partial charge in [-0.2, -0.15) is 0 Å². The highest BCUT2D eigenvalue weighted by molar-refractivity contribution is 5.92. The molecule has 1 N–H and O–H groups in total. The summed E-state index contributed by atoms with van der Waals surface area (Å²) in [6.45, 7) is 11.7. The van der Waals surface area contributed by atoms with Gasteiger partial charge in [0.15, 0.2) is 5.69 Å². The minimum absolute atomic E-state index is 0.0324. The standard InChI is InChI=1S/C23H35N5O2/c1-7-8-12-27(18-14-22(2,3)25-23(4,5)15-18)21(29)20-16-28(26-24-20)17-10-9-11-19(13-17)30-6/h9-11,13,16,18,25H,7-8,12,14-15H2,1-6H3. The zero-order chi connectivity index (χ0) is 21.9. The van der Waals surface area contributed by atoms with Gasteiger partial charge in [0.05, 0.1) is 19.0 Å². The molecule has 0 spiro atoms. The van der Waals surface area contributed by atoms with E-state index < -0.39 is 0 Å². The molecule has 1 aliphatic heterocycles. The Balaban J connectivity index is 1.86. The minimum Gasteiger partial charge on any atom is -0.497 e. The maximum absolute atomic E-state index is 13.5. The Labute approximate surface area is 179 Å². The lowest BCUT2D eigenvalue weighted by Crippen LogP contribution is -2.63. The molecular formula is C23H35N5O2. The molecule has 0 radical (unpaired) electrons. The second-order valence-electron chi connectivity index (χ2n) is 9.56. The number of amides is 1. The van der Waals surface area contributed by atoms with Gasteiger partial charge in [0.1, 0.15) is 5.75 Å². The lowest BCUT2D eigenvalue weighted by Gasteiger charge is -2.49. The van der Waals surface area contributed by atoms with Crippen molar-refractivity contribution in [2.24, 2.45) is 0 Å². The summed E-state index contributed by atoms with van der Waals surface area (Å²) >= 11 is 0. The normalized spacial score (nSPS) is 18.2. The number of aromatic nitrogens is 3. The number of nitrogens with one attached hydrogen (secondary N) is 1. The zero-order valence-electron chi connectivity index (χ0n) is 19.1. The van der Waals surface area contributed by atoms with Crippen LogP contribution in [0.25, 0.3) is 5.69 Å². The van der Waals surface area contributed by atoms with Crippen LogP contribution in [0.15, 0.2) is 30.5 Å². The molecule has 0 saturated carbocycles. The maximum atomic E-state index is 13.5. The van der Waals surface area contributed by atoms with Crippen molar-refractivity contribution in [3.05, 3.63) is 36.2 Å². The van der Waals surface area contributed by atoms with Crippen LogP contribution in [0.4, 0.5) is 0 Å². The van der Waals surface area contributed by atoms with Gasteiger partial charge in [-0.25, -0.2) is 4.68 Å². The van der Waals surface area contributed by atoms with Crippen LogP contribution in [0.5, 0.6) is 5.75 Å². The summed E-state index contributed by atoms with van der Waals surface area (Å²) < 4.78 is 6.92. The van der Waals surface area contributed by atoms with E-state index in [1.807, 2.05) is 29.2 Å². The van der Waals surface area contributed by atoms with E-state index in [1.54, 1.807) is 18.0 Å². The number of unbranched alkanes of at least 4 members (excludes halogenated alkanes) is 1. The number of ether oxygens (including phenoxy) is 1. The predicted octanol–water partition coefficient (Wildman–Crippen LogP) is 3.83. The third-order valence-corrected chi connectivity index (χ3v) is 5.65. The van der Waals surface area contributed by atoms with Gasteiger partial charge in [-0.15, -0.1) is 5.10 Å². The van der Waals surface area contributed by atoms with Crippen LogP contribution in [-0.4, -0.2) is 56.6 Å². The molecule has 1 fully saturated rings. The number of carbonyl (C=O) groups is 1. The second kappa shape index (κ2) is 8.76. The zero-order valence-corrected chi connectivity index (χ0v) is 19.1. The fourth-order valence-electron chi connectivity index (χ4n) is 4.66. The Bertz CT molecular complexity index is 858. The third kappa shape index (κ3) is 5.19. The van der Waals surface area contributed by atoms with Crippen LogP contribution >= 0.6 is 0 Å². The van der Waals surface area contributed by atoms with E-state index in [0.717, 1.165) is 43.7 Å². The maximum Gasteiger partial charge on any atom is 0.276 e. The topological polar surface area (TPSA) is 72.3 Å². The second-order valence-corrected chi connectivity index (χ2v) is 9.56. The molecule has 2 heterocycles. The van der Waals surface area contributed by atoms with Gasteiger partial charge in [-0.1, -0.05) is 24.6 Å². The molecule has 1 aromatic heterocycles. The van der Waals surface area contributed by atoms with Crippen LogP contribution in [-0.2, 0) is 0 Å². The van der Waals surface area contributed by atoms with Crippen molar-refractivity contribution < 1.29 is 9.53 Å². The Hall–Kier alpha value is -2.41. The van der Waals surface area contributed by atoms with Crippen LogP contribution in [0.1, 0.15) is 70.8 Å². The first-order chi connectivity index (χ1) is 14.1. The van der Waals surface area contributed by atoms with E-state index in [1.165, 1.54) is 0 Å². The van der Waals surface area contributed by atoms with Crippen LogP contribution in [0.3, 0.4) is 0 Å². The molecule has 0 unspecified atom stereocenters. The lowest BCUT2D eigenvalue weighted by molar-refractivity contribution is 0.0436. The summed E-state index contributed by atoms with van der Waals surface area (Å²) in [6, 6.07) is 7.72. The first-order valence-corrected chi connectivity index (χ1v) is 10.8. The smallest absolute Gasteiger partial charge is 0.276 e. The summed E-state index contributed by atoms with van der Waals surface area (Å²) in [4.78, 5) is 15.5. The summed E-state index contributed by atoms with van der Waals surface area (Å²) in [5, 5.41) is 12.1. The van der Waals surface area contributed by atoms with Gasteiger partial charge < -0.3 is 15.0 Å². The van der Waals surface area contributed by atoms with Gasteiger partial charge in [0.2, 0.25) is 0 Å². The highest BCUT2D eigenvalue weighted by Crippen LogP contribution is 2.32. The third-order valence-electron chi connectivity index (χ3n) is 5.65. The van der Waals surface area contributed by atoms with Crippen LogP contribution in [0.2, 0.25) is 0 Å². The fourth-order valence-corrected chi connectivity index (χ4v) is 4.66. The first kappa shape index (κ1) is 22.3. The van der Waals surface area contributed by atoms with E-state index in [-0.39, 0.29) is 23.0 Å². The SMILES string of the molecule is CCCCN(C(=O)c1cn(-c2cccc(OC)c2)nn1)C1CC(C)(C)NC(C)(C)C1. The van der Waals surface area contributed by atoms with E-state index in [0.29, 0.717) is 5.69 Å². The summed E-state index contributed by atoms with van der Waals surface area (Å²) in [6.07, 6.45) is 5.55. The summed E-state index contributed by atoms with van der Waals surface area (Å²) in [5.74, 6) is 0.690. The van der Waals surface area contributed by atoms with E-state index in [2.05, 4.69) is 50.2 Å². The quantitative estimate of drug-likeness (QED) is 0.747. The Morgan fingerprint density at radius 2 is 1.97 bits per heavy atom. The van der Waals surface area contributed by atoms with Crippen molar-refractivity contribution >= 4 is 5.91 Å². The highest BCUT2D eigenvalue weighted by Gasteiger charge is 2.41. The molecule has 1 amide bonds. The largest absolute Gasteiger partial charge is 0.497 e. The van der Waals surface area contributed by atoms with E-state index in [4.69, 9.17) is 4.74 Å². The van der Waals surface area contributed by atoms with Crippen molar-refractivity contribution in [3.8, 4) is 11.4 Å². The molecule has 1 aromatic carbocycles. The fraction of sp³-hybridized carbons (Fsp3) is 0.609. The molecule has 3 rings (SSSR count). The monoisotopic (exact) mass is 413 g/mol. The molecule has 0 aliphatic carbocycles. The molecule has 2 aromatic rings. The van der Waals surface area contributed by atoms with E-state index >= 15 is 0 Å². The molecule has 0 bridgehead atoms. The number of methoxy groups -OCH3 is 1. The number of nitrogens with zero attached hydrogens (tertiary/aromatic N) is 4. The van der Waals surface area contributed by atoms with Gasteiger partial charge in [-0.3, -0.25) is 4.79 Å². The van der Waals surface area contributed by atoms with Gasteiger partial charge in [0, 0.05) is 29.7 Å². The molecule has 1 aliphatic rings. The Morgan fingerprint density at radius 3 is 2.60 bits per heavy atom. The first-order valence-electron chi connectivity index (χ1n) is 10.8. The lowest BCUT2D eigenvalue weighted by atomic mass is 9.79. The number of benzene rings is 1. The predicted molar refractivity (Wildman–Crippen MR) is 118 cm³/mol. The number of rotatable bonds is 7. The Morgan fingerprint density at radius 1 is 1.27 bits per heavy atom. The van der Waals surface area contributed by atoms with Crippen LogP contribution < -0.4 is 10.1 Å². The average molecular weight is 414 g/mol. The minimum atomic E-state index is -0.0453. The molecule has 164 valence electrons. The summed E-state index contributed by atoms with van der Waals surface area (Å²) in [7, 11) is 1.63. The number of hydrogen-bond acceptors (Lipinski definition) is 5. The average Bonchev–Trinajstić information content (AvgIpc) is 3.16. The van der Waals surface area contributed by atoms with Gasteiger partial charge in [0.25, 0.3) is 5.91 Å². The number of hydrogen-bond donors (Lipinski definition) is 1. The molecular weight excluding hydrogens is 378 g/mol. The Kier molecular flexibility index (Phi) is 6.50. The van der Waals surface area contributed by atoms with Gasteiger partial charge in [-0.05, 0) is 59.1 Å². The van der Waals surface area contributed by atoms with Gasteiger partial charge >= 0.3 is 0 Å². The molecule has 0 atom stereocenters. The molecule has 7 heteroatoms. The van der Waals surface area contributed by atoms with E-state index in [9.17, 15) is 4.79 Å². The van der Waals surface area contributed by atoms with Crippen molar-refractivity contribution in [2.45, 2.75) is 77.4 Å². The van der Waals surface area contributed by atoms with Crippen molar-refractivity contribution in [1.82, 2.24) is 25.2 Å². The molecule has 1 saturated heterocycles. The highest BCUT2D eigenvalue weighted by atomic mass is 16.5. The van der Waals surface area contributed by atoms with Crippen molar-refractivity contribution in [1.29, 1.82) is 0 Å². The van der Waals surface area contributed by atoms with Crippen molar-refractivity contribution in [2.75, 3.05) is 13.7 Å². The van der Waals surface area contributed by atoms with Crippen molar-refractivity contribution in [3.63, 3.8) is 0 Å². The number of carbonyl (C=O) groups excluding carboxylic acids is 1. The summed E-state index contributed by atoms with van der Waals surface area (Å²) in [5.41, 5.74) is 1.12. The molecule has 30 heavy (non-hydrogen) atoms. The van der Waals surface area contributed by atoms with Crippen LogP contribution in [0, 0.1) is 0 Å². The number of piperidine rings is 1. The molecule has 7 nitrogen and oxygen atoms in total.